The van der Waals surface area contributed by atoms with Gasteiger partial charge in [0.25, 0.3) is 0 Å². The highest BCUT2D eigenvalue weighted by atomic mass is 15.3. The third kappa shape index (κ3) is 4.09. The molecular weight excluding hydrogens is 186 g/mol. The first-order valence-electron chi connectivity index (χ1n) is 6.30. The molecule has 2 unspecified atom stereocenters. The Bertz CT molecular complexity index is 172. The molecule has 90 valence electrons. The number of nitrogens with two attached hydrogens (primary N) is 1. The maximum Gasteiger partial charge on any atom is 0.0195 e. The van der Waals surface area contributed by atoms with Crippen LogP contribution in [0.4, 0.5) is 0 Å². The van der Waals surface area contributed by atoms with Gasteiger partial charge in [-0.25, -0.2) is 0 Å². The third-order valence-electron chi connectivity index (χ3n) is 3.49. The van der Waals surface area contributed by atoms with Crippen molar-refractivity contribution in [2.75, 3.05) is 39.8 Å². The van der Waals surface area contributed by atoms with E-state index < -0.39 is 0 Å². The van der Waals surface area contributed by atoms with Crippen LogP contribution < -0.4 is 5.73 Å². The molecule has 2 atom stereocenters. The second-order valence-corrected chi connectivity index (χ2v) is 5.00. The molecule has 0 radical (unpaired) electrons. The van der Waals surface area contributed by atoms with Crippen LogP contribution in [0.25, 0.3) is 0 Å². The largest absolute Gasteiger partial charge is 0.330 e. The van der Waals surface area contributed by atoms with E-state index in [1.165, 1.54) is 39.0 Å². The Balaban J connectivity index is 2.35. The smallest absolute Gasteiger partial charge is 0.0195 e. The molecule has 2 N–H and O–H groups in total. The van der Waals surface area contributed by atoms with E-state index in [0.717, 1.165) is 6.54 Å². The Hall–Kier alpha value is -0.120. The fraction of sp³-hybridized carbons (Fsp3) is 1.00. The highest BCUT2D eigenvalue weighted by molar-refractivity contribution is 4.79. The molecule has 0 bridgehead atoms. The van der Waals surface area contributed by atoms with Crippen molar-refractivity contribution in [3.63, 3.8) is 0 Å². The molecule has 0 aromatic rings. The van der Waals surface area contributed by atoms with Crippen LogP contribution in [0.3, 0.4) is 0 Å². The van der Waals surface area contributed by atoms with Gasteiger partial charge in [-0.2, -0.15) is 0 Å². The number of rotatable bonds is 5. The van der Waals surface area contributed by atoms with Gasteiger partial charge < -0.3 is 10.6 Å². The molecule has 1 fully saturated rings. The van der Waals surface area contributed by atoms with E-state index in [-0.39, 0.29) is 0 Å². The maximum atomic E-state index is 5.81. The van der Waals surface area contributed by atoms with Gasteiger partial charge in [0.05, 0.1) is 0 Å². The quantitative estimate of drug-likeness (QED) is 0.739. The van der Waals surface area contributed by atoms with Crippen molar-refractivity contribution in [3.05, 3.63) is 0 Å². The number of hydrogen-bond acceptors (Lipinski definition) is 3. The van der Waals surface area contributed by atoms with Gasteiger partial charge >= 0.3 is 0 Å². The van der Waals surface area contributed by atoms with Gasteiger partial charge in [0.2, 0.25) is 0 Å². The number of likely N-dealkylation sites (N-methyl/N-ethyl adjacent to an activating group) is 1. The first-order chi connectivity index (χ1) is 7.17. The van der Waals surface area contributed by atoms with Crippen molar-refractivity contribution >= 4 is 0 Å². The van der Waals surface area contributed by atoms with Gasteiger partial charge in [0.15, 0.2) is 0 Å². The monoisotopic (exact) mass is 213 g/mol. The molecule has 0 spiro atoms. The third-order valence-corrected chi connectivity index (χ3v) is 3.49. The van der Waals surface area contributed by atoms with Gasteiger partial charge in [0, 0.05) is 32.2 Å². The van der Waals surface area contributed by atoms with Gasteiger partial charge in [-0.15, -0.1) is 0 Å². The maximum absolute atomic E-state index is 5.81. The summed E-state index contributed by atoms with van der Waals surface area (Å²) in [5.74, 6) is 0.695. The lowest BCUT2D eigenvalue weighted by Gasteiger charge is -2.39. The Kier molecular flexibility index (Phi) is 5.58. The van der Waals surface area contributed by atoms with E-state index in [9.17, 15) is 0 Å². The number of hydrogen-bond donors (Lipinski definition) is 1. The molecule has 0 aromatic carbocycles. The van der Waals surface area contributed by atoms with Crippen molar-refractivity contribution < 1.29 is 0 Å². The zero-order valence-electron chi connectivity index (χ0n) is 10.6. The highest BCUT2D eigenvalue weighted by Crippen LogP contribution is 2.13. The average Bonchev–Trinajstić information content (AvgIpc) is 2.21. The lowest BCUT2D eigenvalue weighted by Crippen LogP contribution is -2.52. The molecule has 1 aliphatic heterocycles. The Morgan fingerprint density at radius 2 is 2.13 bits per heavy atom. The topological polar surface area (TPSA) is 32.5 Å². The van der Waals surface area contributed by atoms with Crippen LogP contribution in [-0.4, -0.2) is 55.6 Å². The zero-order chi connectivity index (χ0) is 11.3. The number of piperazine rings is 1. The first kappa shape index (κ1) is 12.9. The van der Waals surface area contributed by atoms with Crippen LogP contribution in [0.5, 0.6) is 0 Å². The van der Waals surface area contributed by atoms with Gasteiger partial charge in [-0.05, 0) is 32.9 Å². The molecule has 3 nitrogen and oxygen atoms in total. The van der Waals surface area contributed by atoms with Crippen LogP contribution in [0.15, 0.2) is 0 Å². The summed E-state index contributed by atoms with van der Waals surface area (Å²) in [4.78, 5) is 5.02. The summed E-state index contributed by atoms with van der Waals surface area (Å²) in [5, 5.41) is 0. The molecule has 1 heterocycles. The van der Waals surface area contributed by atoms with Crippen LogP contribution in [0, 0.1) is 5.92 Å². The van der Waals surface area contributed by atoms with Crippen LogP contribution >= 0.6 is 0 Å². The van der Waals surface area contributed by atoms with E-state index in [0.29, 0.717) is 12.0 Å². The Labute approximate surface area is 94.6 Å². The van der Waals surface area contributed by atoms with E-state index in [4.69, 9.17) is 5.73 Å². The van der Waals surface area contributed by atoms with Crippen molar-refractivity contribution in [2.45, 2.75) is 32.7 Å². The molecule has 0 aliphatic carbocycles. The molecule has 1 aliphatic rings. The van der Waals surface area contributed by atoms with E-state index in [1.807, 2.05) is 0 Å². The van der Waals surface area contributed by atoms with Crippen LogP contribution in [0.2, 0.25) is 0 Å². The molecule has 15 heavy (non-hydrogen) atoms. The second kappa shape index (κ2) is 6.46. The van der Waals surface area contributed by atoms with E-state index >= 15 is 0 Å². The average molecular weight is 213 g/mol. The Morgan fingerprint density at radius 3 is 2.67 bits per heavy atom. The predicted molar refractivity (Wildman–Crippen MR) is 66.0 cm³/mol. The summed E-state index contributed by atoms with van der Waals surface area (Å²) in [6, 6.07) is 0.689. The van der Waals surface area contributed by atoms with E-state index in [2.05, 4.69) is 30.7 Å². The van der Waals surface area contributed by atoms with Gasteiger partial charge in [-0.3, -0.25) is 4.90 Å². The zero-order valence-corrected chi connectivity index (χ0v) is 10.6. The predicted octanol–water partition coefficient (Wildman–Crippen LogP) is 0.997. The van der Waals surface area contributed by atoms with E-state index in [1.54, 1.807) is 0 Å². The number of nitrogens with zero attached hydrogens (tertiary/aromatic N) is 2. The van der Waals surface area contributed by atoms with Gasteiger partial charge in [0.1, 0.15) is 0 Å². The van der Waals surface area contributed by atoms with Crippen molar-refractivity contribution in [2.24, 2.45) is 11.7 Å². The van der Waals surface area contributed by atoms with Crippen molar-refractivity contribution in [1.82, 2.24) is 9.80 Å². The fourth-order valence-electron chi connectivity index (χ4n) is 2.47. The lowest BCUT2D eigenvalue weighted by molar-refractivity contribution is 0.0844. The minimum Gasteiger partial charge on any atom is -0.330 e. The Morgan fingerprint density at radius 1 is 1.40 bits per heavy atom. The molecule has 3 heteroatoms. The summed E-state index contributed by atoms with van der Waals surface area (Å²) in [5.41, 5.74) is 5.81. The summed E-state index contributed by atoms with van der Waals surface area (Å²) in [7, 11) is 2.21. The fourth-order valence-corrected chi connectivity index (χ4v) is 2.47. The van der Waals surface area contributed by atoms with Gasteiger partial charge in [-0.1, -0.05) is 13.3 Å². The SMILES string of the molecule is CCCC(CN)CN1CCN(C)CC1C. The molecule has 0 amide bonds. The minimum absolute atomic E-state index is 0.689. The summed E-state index contributed by atoms with van der Waals surface area (Å²) in [6.07, 6.45) is 2.53. The summed E-state index contributed by atoms with van der Waals surface area (Å²) >= 11 is 0. The summed E-state index contributed by atoms with van der Waals surface area (Å²) in [6.45, 7) is 10.2. The standard InChI is InChI=1S/C12H27N3/c1-4-5-12(8-13)10-15-7-6-14(3)9-11(15)2/h11-12H,4-10,13H2,1-3H3. The lowest BCUT2D eigenvalue weighted by atomic mass is 10.0. The first-order valence-corrected chi connectivity index (χ1v) is 6.30. The highest BCUT2D eigenvalue weighted by Gasteiger charge is 2.23. The molecule has 0 aromatic heterocycles. The summed E-state index contributed by atoms with van der Waals surface area (Å²) < 4.78 is 0. The van der Waals surface area contributed by atoms with Crippen molar-refractivity contribution in [3.8, 4) is 0 Å². The minimum atomic E-state index is 0.689. The van der Waals surface area contributed by atoms with Crippen LogP contribution in [0.1, 0.15) is 26.7 Å². The normalized spacial score (nSPS) is 26.8. The van der Waals surface area contributed by atoms with Crippen LogP contribution in [-0.2, 0) is 0 Å². The molecule has 1 saturated heterocycles. The second-order valence-electron chi connectivity index (χ2n) is 5.00. The van der Waals surface area contributed by atoms with Crippen molar-refractivity contribution in [1.29, 1.82) is 0 Å². The molecular formula is C12H27N3. The molecule has 1 rings (SSSR count). The molecule has 0 saturated carbocycles.